The van der Waals surface area contributed by atoms with Crippen LogP contribution in [-0.4, -0.2) is 43.6 Å². The predicted octanol–water partition coefficient (Wildman–Crippen LogP) is 3.80. The highest BCUT2D eigenvalue weighted by molar-refractivity contribution is 5.82. The first-order valence-corrected chi connectivity index (χ1v) is 9.96. The first-order valence-electron chi connectivity index (χ1n) is 9.96. The number of imidazole rings is 1. The lowest BCUT2D eigenvalue weighted by Gasteiger charge is -2.32. The minimum Gasteiger partial charge on any atom is -0.342 e. The van der Waals surface area contributed by atoms with Gasteiger partial charge in [-0.1, -0.05) is 12.1 Å². The van der Waals surface area contributed by atoms with Crippen LogP contribution in [0.2, 0.25) is 0 Å². The van der Waals surface area contributed by atoms with E-state index in [2.05, 4.69) is 15.1 Å². The van der Waals surface area contributed by atoms with Crippen molar-refractivity contribution in [2.24, 2.45) is 0 Å². The Morgan fingerprint density at radius 3 is 2.90 bits per heavy atom. The monoisotopic (exact) mass is 421 g/mol. The zero-order valence-corrected chi connectivity index (χ0v) is 16.5. The Morgan fingerprint density at radius 1 is 1.37 bits per heavy atom. The van der Waals surface area contributed by atoms with Crippen LogP contribution in [0.15, 0.2) is 29.3 Å². The van der Waals surface area contributed by atoms with Crippen LogP contribution in [-0.2, 0) is 23.9 Å². The smallest absolute Gasteiger partial charge is 0.342 e. The third-order valence-corrected chi connectivity index (χ3v) is 5.50. The summed E-state index contributed by atoms with van der Waals surface area (Å²) in [5, 5.41) is 3.88. The summed E-state index contributed by atoms with van der Waals surface area (Å²) in [5.41, 5.74) is -0.332. The van der Waals surface area contributed by atoms with Crippen molar-refractivity contribution in [2.75, 3.05) is 13.1 Å². The number of fused-ring (bicyclic) bond motifs is 1. The lowest BCUT2D eigenvalue weighted by molar-refractivity contribution is -0.136. The molecular formula is C20H22F3N5O2. The highest BCUT2D eigenvalue weighted by atomic mass is 19.4. The summed E-state index contributed by atoms with van der Waals surface area (Å²) in [5.74, 6) is -0.365. The number of carbonyl (C=O) groups is 1. The number of pyridine rings is 1. The molecule has 0 N–H and O–H groups in total. The van der Waals surface area contributed by atoms with Crippen LogP contribution in [0, 0.1) is 0 Å². The number of hydrogen-bond acceptors (Lipinski definition) is 5. The van der Waals surface area contributed by atoms with E-state index < -0.39 is 11.7 Å². The van der Waals surface area contributed by atoms with Crippen molar-refractivity contribution in [1.29, 1.82) is 0 Å². The van der Waals surface area contributed by atoms with Gasteiger partial charge < -0.3 is 14.0 Å². The first kappa shape index (κ1) is 20.4. The maximum atomic E-state index is 13.7. The van der Waals surface area contributed by atoms with Crippen molar-refractivity contribution in [3.8, 4) is 0 Å². The van der Waals surface area contributed by atoms with Gasteiger partial charge in [0.25, 0.3) is 5.71 Å². The van der Waals surface area contributed by atoms with Crippen LogP contribution in [0.4, 0.5) is 13.2 Å². The molecule has 1 fully saturated rings. The van der Waals surface area contributed by atoms with Crippen LogP contribution >= 0.6 is 0 Å². The predicted molar refractivity (Wildman–Crippen MR) is 102 cm³/mol. The topological polar surface area (TPSA) is 77.0 Å². The minimum absolute atomic E-state index is 0.0383. The largest absolute Gasteiger partial charge is 0.417 e. The van der Waals surface area contributed by atoms with Crippen LogP contribution in [0.25, 0.3) is 11.1 Å². The van der Waals surface area contributed by atoms with Gasteiger partial charge in [0.1, 0.15) is 0 Å². The van der Waals surface area contributed by atoms with Crippen LogP contribution in [0.1, 0.15) is 49.1 Å². The molecule has 1 aliphatic heterocycles. The number of rotatable bonds is 5. The molecule has 160 valence electrons. The zero-order valence-electron chi connectivity index (χ0n) is 16.5. The van der Waals surface area contributed by atoms with Gasteiger partial charge in [-0.05, 0) is 25.3 Å². The average Bonchev–Trinajstić information content (AvgIpc) is 3.40. The van der Waals surface area contributed by atoms with E-state index in [9.17, 15) is 18.0 Å². The van der Waals surface area contributed by atoms with Gasteiger partial charge in [0, 0.05) is 50.1 Å². The third kappa shape index (κ3) is 4.03. The molecule has 1 amide bonds. The van der Waals surface area contributed by atoms with Gasteiger partial charge in [0.05, 0.1) is 23.0 Å². The average molecular weight is 421 g/mol. The molecule has 3 aromatic rings. The maximum absolute atomic E-state index is 13.7. The summed E-state index contributed by atoms with van der Waals surface area (Å²) in [6.07, 6.45) is 2.52. The van der Waals surface area contributed by atoms with E-state index in [1.807, 2.05) is 4.57 Å². The van der Waals surface area contributed by atoms with E-state index >= 15 is 0 Å². The summed E-state index contributed by atoms with van der Waals surface area (Å²) in [4.78, 5) is 22.5. The van der Waals surface area contributed by atoms with Crippen molar-refractivity contribution >= 4 is 17.0 Å². The van der Waals surface area contributed by atoms with Gasteiger partial charge in [0.15, 0.2) is 0 Å². The fraction of sp³-hybridized carbons (Fsp3) is 0.500. The van der Waals surface area contributed by atoms with Gasteiger partial charge in [-0.3, -0.25) is 4.79 Å². The lowest BCUT2D eigenvalue weighted by atomic mass is 9.91. The van der Waals surface area contributed by atoms with Crippen molar-refractivity contribution in [3.05, 3.63) is 41.7 Å². The number of aryl methyl sites for hydroxylation is 2. The molecule has 1 aliphatic rings. The first-order chi connectivity index (χ1) is 14.4. The van der Waals surface area contributed by atoms with Crippen LogP contribution in [0.3, 0.4) is 0 Å². The number of piperidine rings is 1. The van der Waals surface area contributed by atoms with Crippen LogP contribution < -0.4 is 0 Å². The number of carbonyl (C=O) groups excluding carboxylic acids is 1. The second-order valence-electron chi connectivity index (χ2n) is 7.49. The van der Waals surface area contributed by atoms with Gasteiger partial charge in [0.2, 0.25) is 5.91 Å². The summed E-state index contributed by atoms with van der Waals surface area (Å²) < 4.78 is 48.2. The highest BCUT2D eigenvalue weighted by Gasteiger charge is 2.38. The SMILES string of the molecule is CCc1cc(C(F)(F)F)c2c([C@@H]3CCCN(C(=O)CCn4ccnc4)C3)noc2n1. The molecule has 7 nitrogen and oxygen atoms in total. The van der Waals surface area contributed by atoms with E-state index in [0.29, 0.717) is 51.0 Å². The molecule has 0 unspecified atom stereocenters. The fourth-order valence-electron chi connectivity index (χ4n) is 3.94. The normalized spacial score (nSPS) is 17.6. The van der Waals surface area contributed by atoms with Crippen molar-refractivity contribution in [1.82, 2.24) is 24.6 Å². The van der Waals surface area contributed by atoms with Crippen molar-refractivity contribution in [2.45, 2.75) is 51.2 Å². The van der Waals surface area contributed by atoms with E-state index in [1.165, 1.54) is 0 Å². The molecule has 0 aliphatic carbocycles. The summed E-state index contributed by atoms with van der Waals surface area (Å²) >= 11 is 0. The van der Waals surface area contributed by atoms with E-state index in [-0.39, 0.29) is 28.6 Å². The molecule has 1 atom stereocenters. The molecule has 4 heterocycles. The van der Waals surface area contributed by atoms with Crippen molar-refractivity contribution in [3.63, 3.8) is 0 Å². The number of nitrogens with zero attached hydrogens (tertiary/aromatic N) is 5. The number of halogens is 3. The molecule has 3 aromatic heterocycles. The number of amides is 1. The van der Waals surface area contributed by atoms with Gasteiger partial charge in [-0.15, -0.1) is 0 Å². The highest BCUT2D eigenvalue weighted by Crippen LogP contribution is 2.40. The molecular weight excluding hydrogens is 399 g/mol. The molecule has 30 heavy (non-hydrogen) atoms. The fourth-order valence-corrected chi connectivity index (χ4v) is 3.94. The quantitative estimate of drug-likeness (QED) is 0.626. The van der Waals surface area contributed by atoms with Gasteiger partial charge in [-0.2, -0.15) is 13.2 Å². The van der Waals surface area contributed by atoms with Crippen LogP contribution in [0.5, 0.6) is 0 Å². The standard InChI is InChI=1S/C20H22F3N5O2/c1-2-14-10-15(20(21,22)23)17-18(26-30-19(17)25-14)13-4-3-7-28(11-13)16(29)5-8-27-9-6-24-12-27/h6,9-10,12-13H,2-5,7-8,11H2,1H3/t13-/m1/s1. The Balaban J connectivity index is 1.58. The maximum Gasteiger partial charge on any atom is 0.417 e. The van der Waals surface area contributed by atoms with E-state index in [0.717, 1.165) is 6.07 Å². The molecule has 0 spiro atoms. The molecule has 10 heteroatoms. The molecule has 0 radical (unpaired) electrons. The van der Waals surface area contributed by atoms with E-state index in [4.69, 9.17) is 4.52 Å². The molecule has 1 saturated heterocycles. The Hall–Kier alpha value is -2.91. The summed E-state index contributed by atoms with van der Waals surface area (Å²) in [7, 11) is 0. The zero-order chi connectivity index (χ0) is 21.3. The minimum atomic E-state index is -4.54. The molecule has 0 bridgehead atoms. The molecule has 0 saturated carbocycles. The number of likely N-dealkylation sites (tertiary alicyclic amines) is 1. The second kappa shape index (κ2) is 8.08. The number of alkyl halides is 3. The Bertz CT molecular complexity index is 1030. The molecule has 0 aromatic carbocycles. The van der Waals surface area contributed by atoms with Crippen molar-refractivity contribution < 1.29 is 22.5 Å². The summed E-state index contributed by atoms with van der Waals surface area (Å²) in [6, 6.07) is 1.07. The summed E-state index contributed by atoms with van der Waals surface area (Å²) in [6.45, 7) is 3.14. The third-order valence-electron chi connectivity index (χ3n) is 5.50. The van der Waals surface area contributed by atoms with E-state index in [1.54, 1.807) is 30.5 Å². The Labute approximate surface area is 170 Å². The van der Waals surface area contributed by atoms with Gasteiger partial charge >= 0.3 is 6.18 Å². The number of hydrogen-bond donors (Lipinski definition) is 0. The second-order valence-corrected chi connectivity index (χ2v) is 7.49. The Morgan fingerprint density at radius 2 is 2.20 bits per heavy atom. The van der Waals surface area contributed by atoms with Gasteiger partial charge in [-0.25, -0.2) is 9.97 Å². The lowest BCUT2D eigenvalue weighted by Crippen LogP contribution is -2.39. The Kier molecular flexibility index (Phi) is 5.48. The molecule has 4 rings (SSSR count). The number of aromatic nitrogens is 4.